The summed E-state index contributed by atoms with van der Waals surface area (Å²) in [5.74, 6) is 0.0839. The van der Waals surface area contributed by atoms with Crippen LogP contribution in [0.5, 0.6) is 0 Å². The zero-order valence-electron chi connectivity index (χ0n) is 16.6. The summed E-state index contributed by atoms with van der Waals surface area (Å²) in [7, 11) is 0. The Bertz CT molecular complexity index is 1030. The van der Waals surface area contributed by atoms with E-state index in [1.54, 1.807) is 17.0 Å². The highest BCUT2D eigenvalue weighted by Gasteiger charge is 2.21. The number of aromatic amines is 1. The molecule has 148 valence electrons. The van der Waals surface area contributed by atoms with E-state index >= 15 is 0 Å². The highest BCUT2D eigenvalue weighted by atomic mass is 16.5. The lowest BCUT2D eigenvalue weighted by Crippen LogP contribution is -2.38. The molecule has 1 aliphatic rings. The van der Waals surface area contributed by atoms with Crippen LogP contribution >= 0.6 is 0 Å². The Morgan fingerprint density at radius 1 is 1.07 bits per heavy atom. The number of nitrogens with zero attached hydrogens (tertiary/aromatic N) is 2. The van der Waals surface area contributed by atoms with Gasteiger partial charge in [0.05, 0.1) is 11.3 Å². The lowest BCUT2D eigenvalue weighted by molar-refractivity contribution is -0.135. The third kappa shape index (κ3) is 4.06. The van der Waals surface area contributed by atoms with Crippen molar-refractivity contribution in [3.8, 4) is 11.4 Å². The van der Waals surface area contributed by atoms with E-state index in [1.807, 2.05) is 44.2 Å². The largest absolute Gasteiger partial charge is 0.452 e. The van der Waals surface area contributed by atoms with Gasteiger partial charge in [0.25, 0.3) is 5.91 Å². The second-order valence-corrected chi connectivity index (χ2v) is 7.28. The minimum absolute atomic E-state index is 0.175. The number of aryl methyl sites for hydroxylation is 2. The fourth-order valence-electron chi connectivity index (χ4n) is 3.46. The van der Waals surface area contributed by atoms with Crippen LogP contribution < -0.4 is 0 Å². The second-order valence-electron chi connectivity index (χ2n) is 7.28. The van der Waals surface area contributed by atoms with E-state index in [9.17, 15) is 9.59 Å². The van der Waals surface area contributed by atoms with Crippen molar-refractivity contribution in [2.45, 2.75) is 26.8 Å². The summed E-state index contributed by atoms with van der Waals surface area (Å²) in [6.07, 6.45) is 0.822. The van der Waals surface area contributed by atoms with Gasteiger partial charge in [0.2, 0.25) is 0 Å². The maximum Gasteiger partial charge on any atom is 0.338 e. The molecule has 0 atom stereocenters. The molecular weight excluding hydrogens is 366 g/mol. The third-order valence-electron chi connectivity index (χ3n) is 5.33. The van der Waals surface area contributed by atoms with Gasteiger partial charge in [0.1, 0.15) is 5.82 Å². The molecule has 0 bridgehead atoms. The van der Waals surface area contributed by atoms with Crippen molar-refractivity contribution in [3.05, 3.63) is 76.6 Å². The van der Waals surface area contributed by atoms with Crippen LogP contribution in [-0.4, -0.2) is 39.9 Å². The van der Waals surface area contributed by atoms with Gasteiger partial charge in [-0.1, -0.05) is 36.4 Å². The number of H-pyrrole nitrogens is 1. The van der Waals surface area contributed by atoms with Crippen molar-refractivity contribution in [2.75, 3.05) is 13.2 Å². The molecule has 1 aromatic heterocycles. The zero-order valence-corrected chi connectivity index (χ0v) is 16.6. The van der Waals surface area contributed by atoms with Crippen molar-refractivity contribution in [1.82, 2.24) is 14.9 Å². The van der Waals surface area contributed by atoms with E-state index in [1.165, 1.54) is 5.56 Å². The summed E-state index contributed by atoms with van der Waals surface area (Å²) >= 11 is 0. The molecule has 0 saturated heterocycles. The average molecular weight is 389 g/mol. The average Bonchev–Trinajstić information content (AvgIpc) is 3.09. The van der Waals surface area contributed by atoms with E-state index in [4.69, 9.17) is 4.74 Å². The van der Waals surface area contributed by atoms with Gasteiger partial charge in [-0.2, -0.15) is 0 Å². The van der Waals surface area contributed by atoms with Crippen LogP contribution in [-0.2, 0) is 22.5 Å². The van der Waals surface area contributed by atoms with Crippen molar-refractivity contribution in [3.63, 3.8) is 0 Å². The Morgan fingerprint density at radius 2 is 1.79 bits per heavy atom. The summed E-state index contributed by atoms with van der Waals surface area (Å²) < 4.78 is 5.25. The predicted octanol–water partition coefficient (Wildman–Crippen LogP) is 3.44. The number of ether oxygens (including phenoxy) is 1. The number of hydrogen-bond donors (Lipinski definition) is 1. The van der Waals surface area contributed by atoms with Crippen molar-refractivity contribution in [2.24, 2.45) is 0 Å². The Morgan fingerprint density at radius 3 is 2.48 bits per heavy atom. The van der Waals surface area contributed by atoms with Gasteiger partial charge in [-0.05, 0) is 43.5 Å². The van der Waals surface area contributed by atoms with Gasteiger partial charge in [0, 0.05) is 24.3 Å². The first kappa shape index (κ1) is 18.9. The van der Waals surface area contributed by atoms with E-state index < -0.39 is 5.97 Å². The summed E-state index contributed by atoms with van der Waals surface area (Å²) in [6.45, 7) is 4.86. The topological polar surface area (TPSA) is 75.3 Å². The number of carbonyl (C=O) groups excluding carboxylic acids is 2. The van der Waals surface area contributed by atoms with Gasteiger partial charge in [0.15, 0.2) is 6.61 Å². The first-order chi connectivity index (χ1) is 14.0. The number of esters is 1. The van der Waals surface area contributed by atoms with E-state index in [-0.39, 0.29) is 12.5 Å². The molecule has 0 saturated carbocycles. The van der Waals surface area contributed by atoms with Crippen molar-refractivity contribution >= 4 is 11.9 Å². The fraction of sp³-hybridized carbons (Fsp3) is 0.261. The van der Waals surface area contributed by atoms with Gasteiger partial charge in [-0.3, -0.25) is 4.79 Å². The smallest absolute Gasteiger partial charge is 0.338 e. The number of carbonyl (C=O) groups is 2. The number of fused-ring (bicyclic) bond motifs is 1. The standard InChI is InChI=1S/C23H23N3O3/c1-15-16(2)25-22(24-15)18-7-9-19(10-8-18)23(28)29-14-21(27)26-12-11-17-5-3-4-6-20(17)13-26/h3-10H,11-14H2,1-2H3,(H,24,25). The van der Waals surface area contributed by atoms with E-state index in [0.29, 0.717) is 18.7 Å². The van der Waals surface area contributed by atoms with Crippen LogP contribution in [0.15, 0.2) is 48.5 Å². The lowest BCUT2D eigenvalue weighted by atomic mass is 10.00. The summed E-state index contributed by atoms with van der Waals surface area (Å²) in [5.41, 5.74) is 5.68. The molecular formula is C23H23N3O3. The first-order valence-corrected chi connectivity index (χ1v) is 9.66. The van der Waals surface area contributed by atoms with Crippen LogP contribution in [0.3, 0.4) is 0 Å². The molecule has 3 aromatic rings. The number of benzene rings is 2. The minimum atomic E-state index is -0.505. The van der Waals surface area contributed by atoms with Crippen LogP contribution in [0.25, 0.3) is 11.4 Å². The molecule has 0 aliphatic carbocycles. The molecule has 2 heterocycles. The Balaban J connectivity index is 1.34. The molecule has 29 heavy (non-hydrogen) atoms. The van der Waals surface area contributed by atoms with Crippen molar-refractivity contribution in [1.29, 1.82) is 0 Å². The fourth-order valence-corrected chi connectivity index (χ4v) is 3.46. The number of hydrogen-bond acceptors (Lipinski definition) is 4. The number of imidazole rings is 1. The number of rotatable bonds is 4. The Hall–Kier alpha value is -3.41. The number of nitrogens with one attached hydrogen (secondary N) is 1. The van der Waals surface area contributed by atoms with E-state index in [0.717, 1.165) is 34.8 Å². The summed E-state index contributed by atoms with van der Waals surface area (Å²) in [4.78, 5) is 34.2. The van der Waals surface area contributed by atoms with Crippen LogP contribution in [0.1, 0.15) is 32.9 Å². The molecule has 0 fully saturated rings. The van der Waals surface area contributed by atoms with Gasteiger partial charge in [-0.15, -0.1) is 0 Å². The molecule has 4 rings (SSSR count). The normalized spacial score (nSPS) is 13.1. The minimum Gasteiger partial charge on any atom is -0.452 e. The summed E-state index contributed by atoms with van der Waals surface area (Å²) in [5, 5.41) is 0. The Kier molecular flexibility index (Phi) is 5.16. The van der Waals surface area contributed by atoms with Gasteiger partial charge >= 0.3 is 5.97 Å². The Labute approximate surface area is 169 Å². The lowest BCUT2D eigenvalue weighted by Gasteiger charge is -2.28. The molecule has 6 heteroatoms. The van der Waals surface area contributed by atoms with Crippen LogP contribution in [0.2, 0.25) is 0 Å². The molecule has 0 radical (unpaired) electrons. The van der Waals surface area contributed by atoms with Gasteiger partial charge < -0.3 is 14.6 Å². The maximum atomic E-state index is 12.5. The highest BCUT2D eigenvalue weighted by molar-refractivity contribution is 5.91. The molecule has 2 aromatic carbocycles. The zero-order chi connectivity index (χ0) is 20.4. The van der Waals surface area contributed by atoms with Gasteiger partial charge in [-0.25, -0.2) is 9.78 Å². The molecule has 0 unspecified atom stereocenters. The highest BCUT2D eigenvalue weighted by Crippen LogP contribution is 2.20. The van der Waals surface area contributed by atoms with E-state index in [2.05, 4.69) is 16.0 Å². The van der Waals surface area contributed by atoms with Crippen molar-refractivity contribution < 1.29 is 14.3 Å². The molecule has 6 nitrogen and oxygen atoms in total. The monoisotopic (exact) mass is 389 g/mol. The first-order valence-electron chi connectivity index (χ1n) is 9.66. The molecule has 1 aliphatic heterocycles. The molecule has 1 amide bonds. The quantitative estimate of drug-likeness (QED) is 0.694. The van der Waals surface area contributed by atoms with Crippen LogP contribution in [0, 0.1) is 13.8 Å². The molecule has 0 spiro atoms. The number of amides is 1. The van der Waals surface area contributed by atoms with Crippen LogP contribution in [0.4, 0.5) is 0 Å². The summed E-state index contributed by atoms with van der Waals surface area (Å²) in [6, 6.07) is 15.1. The number of aromatic nitrogens is 2. The maximum absolute atomic E-state index is 12.5. The predicted molar refractivity (Wildman–Crippen MR) is 109 cm³/mol. The second kappa shape index (κ2) is 7.91. The third-order valence-corrected chi connectivity index (χ3v) is 5.33. The SMILES string of the molecule is Cc1nc(-c2ccc(C(=O)OCC(=O)N3CCc4ccccc4C3)cc2)[nH]c1C. The molecule has 1 N–H and O–H groups in total.